The van der Waals surface area contributed by atoms with E-state index in [-0.39, 0.29) is 5.91 Å². The van der Waals surface area contributed by atoms with Gasteiger partial charge in [-0.1, -0.05) is 0 Å². The number of aromatic nitrogens is 5. The Bertz CT molecular complexity index is 1460. The van der Waals surface area contributed by atoms with E-state index in [9.17, 15) is 4.79 Å². The molecule has 3 heterocycles. The summed E-state index contributed by atoms with van der Waals surface area (Å²) in [6, 6.07) is 16.1. The average Bonchev–Trinajstić information content (AvgIpc) is 3.40. The Kier molecular flexibility index (Phi) is 5.31. The lowest BCUT2D eigenvalue weighted by Crippen LogP contribution is -2.11. The highest BCUT2D eigenvalue weighted by molar-refractivity contribution is 7.16. The number of nitrogens with one attached hydrogen (secondary N) is 1. The summed E-state index contributed by atoms with van der Waals surface area (Å²) >= 11 is 1.51. The maximum atomic E-state index is 12.6. The minimum absolute atomic E-state index is 0.181. The molecule has 1 amide bonds. The first-order chi connectivity index (χ1) is 16.0. The van der Waals surface area contributed by atoms with Gasteiger partial charge >= 0.3 is 0 Å². The third-order valence-corrected chi connectivity index (χ3v) is 6.22. The number of hydrogen-bond donors (Lipinski definition) is 1. The maximum Gasteiger partial charge on any atom is 0.255 e. The monoisotopic (exact) mass is 456 g/mol. The standard InChI is InChI=1S/C24H20N6O2S/c1-14-15(2)29-30(16(14)3)22-10-11-23(28-27-22)32-19-7-5-18(6-8-19)26-24(31)17-4-9-20-21(12-17)33-13-25-20/h4-13H,1-3H3,(H,26,31). The number of amides is 1. The van der Waals surface area contributed by atoms with Gasteiger partial charge < -0.3 is 10.1 Å². The van der Waals surface area contributed by atoms with Crippen LogP contribution in [-0.4, -0.2) is 30.9 Å². The fourth-order valence-electron chi connectivity index (χ4n) is 3.35. The Morgan fingerprint density at radius 2 is 1.82 bits per heavy atom. The summed E-state index contributed by atoms with van der Waals surface area (Å²) in [5.41, 5.74) is 7.03. The van der Waals surface area contributed by atoms with Crippen LogP contribution in [0.3, 0.4) is 0 Å². The van der Waals surface area contributed by atoms with Gasteiger partial charge in [0.05, 0.1) is 21.4 Å². The van der Waals surface area contributed by atoms with Gasteiger partial charge in [0, 0.05) is 23.0 Å². The van der Waals surface area contributed by atoms with Crippen LogP contribution >= 0.6 is 11.3 Å². The zero-order valence-corrected chi connectivity index (χ0v) is 19.1. The van der Waals surface area contributed by atoms with Crippen molar-refractivity contribution in [3.05, 3.63) is 82.6 Å². The first kappa shape index (κ1) is 20.8. The highest BCUT2D eigenvalue weighted by Crippen LogP contribution is 2.24. The van der Waals surface area contributed by atoms with E-state index in [4.69, 9.17) is 4.74 Å². The molecule has 0 radical (unpaired) electrons. The molecule has 9 heteroatoms. The minimum atomic E-state index is -0.181. The SMILES string of the molecule is Cc1nn(-c2ccc(Oc3ccc(NC(=O)c4ccc5ncsc5c4)cc3)nn2)c(C)c1C. The van der Waals surface area contributed by atoms with Crippen LogP contribution in [0.1, 0.15) is 27.3 Å². The predicted octanol–water partition coefficient (Wildman–Crippen LogP) is 5.24. The number of aryl methyl sites for hydroxylation is 1. The van der Waals surface area contributed by atoms with Crippen LogP contribution in [-0.2, 0) is 0 Å². The number of hydrogen-bond acceptors (Lipinski definition) is 7. The molecular formula is C24H20N6O2S. The minimum Gasteiger partial charge on any atom is -0.438 e. The molecule has 8 nitrogen and oxygen atoms in total. The molecule has 0 saturated carbocycles. The largest absolute Gasteiger partial charge is 0.438 e. The van der Waals surface area contributed by atoms with Crippen LogP contribution in [0.5, 0.6) is 11.6 Å². The van der Waals surface area contributed by atoms with Gasteiger partial charge in [-0.15, -0.1) is 21.5 Å². The number of carbonyl (C=O) groups excluding carboxylic acids is 1. The fraction of sp³-hybridized carbons (Fsp3) is 0.125. The molecule has 1 N–H and O–H groups in total. The molecule has 0 unspecified atom stereocenters. The number of fused-ring (bicyclic) bond motifs is 1. The Labute approximate surface area is 193 Å². The summed E-state index contributed by atoms with van der Waals surface area (Å²) in [5, 5.41) is 15.8. The lowest BCUT2D eigenvalue weighted by molar-refractivity contribution is 0.102. The Balaban J connectivity index is 1.25. The van der Waals surface area contributed by atoms with Gasteiger partial charge in [0.25, 0.3) is 5.91 Å². The van der Waals surface area contributed by atoms with Gasteiger partial charge in [-0.05, 0) is 74.9 Å². The molecule has 5 aromatic rings. The van der Waals surface area contributed by atoms with E-state index >= 15 is 0 Å². The van der Waals surface area contributed by atoms with Gasteiger partial charge in [0.15, 0.2) is 5.82 Å². The molecular weight excluding hydrogens is 436 g/mol. The molecule has 0 fully saturated rings. The van der Waals surface area contributed by atoms with Crippen molar-refractivity contribution in [2.45, 2.75) is 20.8 Å². The summed E-state index contributed by atoms with van der Waals surface area (Å²) in [6.07, 6.45) is 0. The molecule has 0 saturated heterocycles. The summed E-state index contributed by atoms with van der Waals surface area (Å²) in [7, 11) is 0. The number of thiazole rings is 1. The first-order valence-corrected chi connectivity index (χ1v) is 11.2. The molecule has 0 bridgehead atoms. The molecule has 33 heavy (non-hydrogen) atoms. The van der Waals surface area contributed by atoms with Crippen molar-refractivity contribution in [3.8, 4) is 17.4 Å². The molecule has 0 aliphatic heterocycles. The fourth-order valence-corrected chi connectivity index (χ4v) is 4.07. The van der Waals surface area contributed by atoms with E-state index in [1.54, 1.807) is 46.6 Å². The van der Waals surface area contributed by atoms with Crippen LogP contribution in [0.2, 0.25) is 0 Å². The van der Waals surface area contributed by atoms with E-state index in [1.165, 1.54) is 11.3 Å². The van der Waals surface area contributed by atoms with Crippen molar-refractivity contribution >= 4 is 33.1 Å². The van der Waals surface area contributed by atoms with Gasteiger partial charge in [-0.25, -0.2) is 9.67 Å². The number of ether oxygens (including phenoxy) is 1. The number of nitrogens with zero attached hydrogens (tertiary/aromatic N) is 5. The maximum absolute atomic E-state index is 12.6. The van der Waals surface area contributed by atoms with Crippen LogP contribution in [0.15, 0.2) is 60.1 Å². The Morgan fingerprint density at radius 1 is 1.00 bits per heavy atom. The number of rotatable bonds is 5. The molecule has 0 aliphatic carbocycles. The molecule has 5 rings (SSSR count). The van der Waals surface area contributed by atoms with Crippen molar-refractivity contribution in [2.24, 2.45) is 0 Å². The number of benzene rings is 2. The topological polar surface area (TPSA) is 94.8 Å². The predicted molar refractivity (Wildman–Crippen MR) is 127 cm³/mol. The summed E-state index contributed by atoms with van der Waals surface area (Å²) in [4.78, 5) is 16.8. The average molecular weight is 457 g/mol. The first-order valence-electron chi connectivity index (χ1n) is 10.3. The van der Waals surface area contributed by atoms with Gasteiger partial charge in [-0.3, -0.25) is 4.79 Å². The van der Waals surface area contributed by atoms with Gasteiger partial charge in [-0.2, -0.15) is 5.10 Å². The zero-order valence-electron chi connectivity index (χ0n) is 18.2. The van der Waals surface area contributed by atoms with E-state index in [0.29, 0.717) is 28.7 Å². The van der Waals surface area contributed by atoms with Gasteiger partial charge in [0.1, 0.15) is 5.75 Å². The quantitative estimate of drug-likeness (QED) is 0.389. The van der Waals surface area contributed by atoms with E-state index in [1.807, 2.05) is 39.0 Å². The van der Waals surface area contributed by atoms with E-state index in [0.717, 1.165) is 27.2 Å². The summed E-state index contributed by atoms with van der Waals surface area (Å²) in [6.45, 7) is 6.00. The normalized spacial score (nSPS) is 11.0. The smallest absolute Gasteiger partial charge is 0.255 e. The van der Waals surface area contributed by atoms with Gasteiger partial charge in [0.2, 0.25) is 5.88 Å². The van der Waals surface area contributed by atoms with Crippen molar-refractivity contribution in [1.29, 1.82) is 0 Å². The molecule has 0 spiro atoms. The van der Waals surface area contributed by atoms with Crippen LogP contribution in [0.25, 0.3) is 16.0 Å². The highest BCUT2D eigenvalue weighted by Gasteiger charge is 2.11. The molecule has 164 valence electrons. The second-order valence-corrected chi connectivity index (χ2v) is 8.44. The van der Waals surface area contributed by atoms with Crippen molar-refractivity contribution < 1.29 is 9.53 Å². The lowest BCUT2D eigenvalue weighted by atomic mass is 10.2. The molecule has 0 atom stereocenters. The van der Waals surface area contributed by atoms with E-state index in [2.05, 4.69) is 25.6 Å². The molecule has 3 aromatic heterocycles. The van der Waals surface area contributed by atoms with Crippen molar-refractivity contribution in [1.82, 2.24) is 25.0 Å². The summed E-state index contributed by atoms with van der Waals surface area (Å²) in [5.74, 6) is 1.40. The van der Waals surface area contributed by atoms with E-state index < -0.39 is 0 Å². The number of carbonyl (C=O) groups is 1. The zero-order chi connectivity index (χ0) is 22.9. The molecule has 2 aromatic carbocycles. The lowest BCUT2D eigenvalue weighted by Gasteiger charge is -2.08. The van der Waals surface area contributed by atoms with Crippen LogP contribution < -0.4 is 10.1 Å². The van der Waals surface area contributed by atoms with Crippen LogP contribution in [0, 0.1) is 20.8 Å². The van der Waals surface area contributed by atoms with Crippen molar-refractivity contribution in [2.75, 3.05) is 5.32 Å². The third-order valence-electron chi connectivity index (χ3n) is 5.42. The third kappa shape index (κ3) is 4.18. The Morgan fingerprint density at radius 3 is 2.52 bits per heavy atom. The Hall–Kier alpha value is -4.11. The second kappa shape index (κ2) is 8.44. The van der Waals surface area contributed by atoms with Crippen LogP contribution in [0.4, 0.5) is 5.69 Å². The van der Waals surface area contributed by atoms with Crippen molar-refractivity contribution in [3.63, 3.8) is 0 Å². The number of anilines is 1. The second-order valence-electron chi connectivity index (χ2n) is 7.55. The molecule has 0 aliphatic rings. The summed E-state index contributed by atoms with van der Waals surface area (Å²) < 4.78 is 8.54. The highest BCUT2D eigenvalue weighted by atomic mass is 32.1.